The Morgan fingerprint density at radius 1 is 1.18 bits per heavy atom. The molecule has 1 aromatic rings. The molecule has 0 aliphatic carbocycles. The van der Waals surface area contributed by atoms with Crippen molar-refractivity contribution in [1.29, 1.82) is 0 Å². The lowest BCUT2D eigenvalue weighted by molar-refractivity contribution is 0.0529. The van der Waals surface area contributed by atoms with Crippen LogP contribution in [0.25, 0.3) is 0 Å². The zero-order chi connectivity index (χ0) is 20.4. The maximum Gasteiger partial charge on any atom is 0.407 e. The van der Waals surface area contributed by atoms with Crippen LogP contribution in [0.5, 0.6) is 0 Å². The summed E-state index contributed by atoms with van der Waals surface area (Å²) in [6.07, 6.45) is 2.02. The smallest absolute Gasteiger partial charge is 0.407 e. The second kappa shape index (κ2) is 10.9. The molecule has 1 atom stereocenters. The second-order valence-corrected chi connectivity index (χ2v) is 8.06. The summed E-state index contributed by atoms with van der Waals surface area (Å²) < 4.78 is 5.22. The first kappa shape index (κ1) is 22.0. The van der Waals surface area contributed by atoms with E-state index in [1.807, 2.05) is 20.8 Å². The van der Waals surface area contributed by atoms with Gasteiger partial charge >= 0.3 is 6.09 Å². The van der Waals surface area contributed by atoms with Gasteiger partial charge in [-0.3, -0.25) is 9.89 Å². The Kier molecular flexibility index (Phi) is 8.57. The van der Waals surface area contributed by atoms with Crippen LogP contribution in [0.2, 0.25) is 0 Å². The first-order valence-electron chi connectivity index (χ1n) is 10.1. The van der Waals surface area contributed by atoms with E-state index in [9.17, 15) is 4.79 Å². The van der Waals surface area contributed by atoms with Crippen LogP contribution in [0, 0.1) is 0 Å². The van der Waals surface area contributed by atoms with Crippen molar-refractivity contribution >= 4 is 12.1 Å². The molecule has 7 nitrogen and oxygen atoms in total. The molecule has 156 valence electrons. The molecule has 0 spiro atoms. The minimum absolute atomic E-state index is 0.403. The number of rotatable bonds is 7. The first-order chi connectivity index (χ1) is 13.4. The number of guanidine groups is 1. The fraction of sp³-hybridized carbons (Fsp3) is 0.619. The number of hydrogen-bond acceptors (Lipinski definition) is 4. The number of alkyl carbamates (subject to hydrolysis) is 1. The number of nitrogens with zero attached hydrogens (tertiary/aromatic N) is 2. The summed E-state index contributed by atoms with van der Waals surface area (Å²) in [6.45, 7) is 9.57. The molecule has 1 amide bonds. The SMILES string of the molecule is CN=C(NCCNC(=O)OC(C)(C)C)NCC1CCCN1Cc1ccccc1. The lowest BCUT2D eigenvalue weighted by atomic mass is 10.2. The summed E-state index contributed by atoms with van der Waals surface area (Å²) in [6, 6.07) is 11.1. The highest BCUT2D eigenvalue weighted by atomic mass is 16.6. The third-order valence-corrected chi connectivity index (χ3v) is 4.54. The molecule has 0 radical (unpaired) electrons. The van der Waals surface area contributed by atoms with Crippen LogP contribution in [0.1, 0.15) is 39.2 Å². The highest BCUT2D eigenvalue weighted by Crippen LogP contribution is 2.19. The van der Waals surface area contributed by atoms with Gasteiger partial charge in [0, 0.05) is 39.3 Å². The number of amides is 1. The predicted molar refractivity (Wildman–Crippen MR) is 113 cm³/mol. The van der Waals surface area contributed by atoms with E-state index in [0.29, 0.717) is 19.1 Å². The van der Waals surface area contributed by atoms with Crippen LogP contribution in [-0.4, -0.2) is 61.8 Å². The van der Waals surface area contributed by atoms with Gasteiger partial charge < -0.3 is 20.7 Å². The zero-order valence-electron chi connectivity index (χ0n) is 17.6. The van der Waals surface area contributed by atoms with Crippen molar-refractivity contribution in [3.05, 3.63) is 35.9 Å². The van der Waals surface area contributed by atoms with Gasteiger partial charge in [-0.05, 0) is 45.7 Å². The summed E-state index contributed by atoms with van der Waals surface area (Å²) in [5, 5.41) is 9.37. The first-order valence-corrected chi connectivity index (χ1v) is 10.1. The fourth-order valence-electron chi connectivity index (χ4n) is 3.25. The molecule has 1 saturated heterocycles. The summed E-state index contributed by atoms with van der Waals surface area (Å²) in [5.41, 5.74) is 0.868. The normalized spacial score (nSPS) is 18.0. The predicted octanol–water partition coefficient (Wildman–Crippen LogP) is 2.34. The molecule has 1 unspecified atom stereocenters. The average molecular weight is 390 g/mol. The van der Waals surface area contributed by atoms with E-state index in [-0.39, 0.29) is 0 Å². The summed E-state index contributed by atoms with van der Waals surface area (Å²) in [5.74, 6) is 0.748. The topological polar surface area (TPSA) is 78.0 Å². The number of hydrogen-bond donors (Lipinski definition) is 3. The Balaban J connectivity index is 1.68. The third kappa shape index (κ3) is 8.17. The van der Waals surface area contributed by atoms with Gasteiger partial charge in [0.05, 0.1) is 0 Å². The number of aliphatic imine (C=N–C) groups is 1. The zero-order valence-corrected chi connectivity index (χ0v) is 17.6. The number of nitrogens with one attached hydrogen (secondary N) is 3. The van der Waals surface area contributed by atoms with Crippen molar-refractivity contribution in [2.45, 2.75) is 51.8 Å². The van der Waals surface area contributed by atoms with Crippen molar-refractivity contribution in [3.63, 3.8) is 0 Å². The highest BCUT2D eigenvalue weighted by molar-refractivity contribution is 5.79. The van der Waals surface area contributed by atoms with E-state index in [2.05, 4.69) is 56.2 Å². The molecule has 7 heteroatoms. The average Bonchev–Trinajstić information content (AvgIpc) is 3.07. The highest BCUT2D eigenvalue weighted by Gasteiger charge is 2.24. The molecular weight excluding hydrogens is 354 g/mol. The van der Waals surface area contributed by atoms with Crippen LogP contribution in [0.4, 0.5) is 4.79 Å². The molecule has 0 saturated carbocycles. The van der Waals surface area contributed by atoms with Crippen molar-refractivity contribution in [1.82, 2.24) is 20.9 Å². The standard InChI is InChI=1S/C21H35N5O2/c1-21(2,3)28-20(27)24-13-12-23-19(22-4)25-15-18-11-8-14-26(18)16-17-9-6-5-7-10-17/h5-7,9-10,18H,8,11-16H2,1-4H3,(H,24,27)(H2,22,23,25). The van der Waals surface area contributed by atoms with Crippen molar-refractivity contribution < 1.29 is 9.53 Å². The maximum absolute atomic E-state index is 11.6. The van der Waals surface area contributed by atoms with Gasteiger partial charge in [-0.1, -0.05) is 30.3 Å². The molecule has 1 aliphatic heterocycles. The Morgan fingerprint density at radius 3 is 2.57 bits per heavy atom. The molecule has 0 aromatic heterocycles. The number of ether oxygens (including phenoxy) is 1. The number of benzene rings is 1. The monoisotopic (exact) mass is 389 g/mol. The molecular formula is C21H35N5O2. The molecule has 0 bridgehead atoms. The third-order valence-electron chi connectivity index (χ3n) is 4.54. The molecule has 2 rings (SSSR count). The molecule has 1 aliphatic rings. The van der Waals surface area contributed by atoms with Crippen LogP contribution >= 0.6 is 0 Å². The minimum Gasteiger partial charge on any atom is -0.444 e. The van der Waals surface area contributed by atoms with Crippen molar-refractivity contribution in [2.24, 2.45) is 4.99 Å². The molecule has 28 heavy (non-hydrogen) atoms. The largest absolute Gasteiger partial charge is 0.444 e. The lowest BCUT2D eigenvalue weighted by Crippen LogP contribution is -2.46. The van der Waals surface area contributed by atoms with Crippen LogP contribution < -0.4 is 16.0 Å². The van der Waals surface area contributed by atoms with E-state index >= 15 is 0 Å². The van der Waals surface area contributed by atoms with Gasteiger partial charge in [0.15, 0.2) is 5.96 Å². The minimum atomic E-state index is -0.484. The van der Waals surface area contributed by atoms with E-state index in [1.165, 1.54) is 18.4 Å². The summed E-state index contributed by atoms with van der Waals surface area (Å²) >= 11 is 0. The van der Waals surface area contributed by atoms with Gasteiger partial charge in [0.2, 0.25) is 0 Å². The number of carbonyl (C=O) groups is 1. The van der Waals surface area contributed by atoms with Gasteiger partial charge in [0.25, 0.3) is 0 Å². The van der Waals surface area contributed by atoms with Gasteiger partial charge in [-0.2, -0.15) is 0 Å². The van der Waals surface area contributed by atoms with Gasteiger partial charge in [-0.15, -0.1) is 0 Å². The van der Waals surface area contributed by atoms with E-state index in [1.54, 1.807) is 7.05 Å². The fourth-order valence-corrected chi connectivity index (χ4v) is 3.25. The van der Waals surface area contributed by atoms with Gasteiger partial charge in [0.1, 0.15) is 5.60 Å². The Bertz CT molecular complexity index is 627. The van der Waals surface area contributed by atoms with Crippen LogP contribution in [0.15, 0.2) is 35.3 Å². The Morgan fingerprint density at radius 2 is 1.89 bits per heavy atom. The lowest BCUT2D eigenvalue weighted by Gasteiger charge is -2.25. The Hall–Kier alpha value is -2.28. The molecule has 3 N–H and O–H groups in total. The maximum atomic E-state index is 11.6. The molecule has 1 heterocycles. The quantitative estimate of drug-likeness (QED) is 0.379. The molecule has 1 aromatic carbocycles. The van der Waals surface area contributed by atoms with E-state index in [4.69, 9.17) is 4.74 Å². The van der Waals surface area contributed by atoms with E-state index in [0.717, 1.165) is 25.6 Å². The van der Waals surface area contributed by atoms with Gasteiger partial charge in [-0.25, -0.2) is 4.79 Å². The van der Waals surface area contributed by atoms with E-state index < -0.39 is 11.7 Å². The molecule has 1 fully saturated rings. The Labute approximate surface area is 168 Å². The van der Waals surface area contributed by atoms with Crippen molar-refractivity contribution in [2.75, 3.05) is 33.2 Å². The van der Waals surface area contributed by atoms with Crippen LogP contribution in [-0.2, 0) is 11.3 Å². The van der Waals surface area contributed by atoms with Crippen molar-refractivity contribution in [3.8, 4) is 0 Å². The number of likely N-dealkylation sites (tertiary alicyclic amines) is 1. The van der Waals surface area contributed by atoms with Crippen LogP contribution in [0.3, 0.4) is 0 Å². The second-order valence-electron chi connectivity index (χ2n) is 8.06. The number of carbonyl (C=O) groups excluding carboxylic acids is 1. The summed E-state index contributed by atoms with van der Waals surface area (Å²) in [7, 11) is 1.76. The summed E-state index contributed by atoms with van der Waals surface area (Å²) in [4.78, 5) is 18.4.